The molecule has 2 amide bonds. The number of nitrogens with zero attached hydrogens (tertiary/aromatic N) is 1. The molecule has 0 spiro atoms. The van der Waals surface area contributed by atoms with Crippen molar-refractivity contribution >= 4 is 58.0 Å². The van der Waals surface area contributed by atoms with E-state index in [1.807, 2.05) is 49.4 Å². The number of esters is 1. The Morgan fingerprint density at radius 1 is 0.892 bits per heavy atom. The fourth-order valence-electron chi connectivity index (χ4n) is 3.45. The number of fused-ring (bicyclic) bond motifs is 1. The summed E-state index contributed by atoms with van der Waals surface area (Å²) in [6, 6.07) is 22.5. The highest BCUT2D eigenvalue weighted by Gasteiger charge is 2.14. The number of aryl methyl sites for hydroxylation is 1. The van der Waals surface area contributed by atoms with Crippen LogP contribution in [0.2, 0.25) is 10.0 Å². The summed E-state index contributed by atoms with van der Waals surface area (Å²) in [7, 11) is 0. The molecule has 0 aromatic heterocycles. The number of benzene rings is 4. The summed E-state index contributed by atoms with van der Waals surface area (Å²) in [5.41, 5.74) is 4.58. The first kappa shape index (κ1) is 25.9. The van der Waals surface area contributed by atoms with Gasteiger partial charge in [-0.2, -0.15) is 5.10 Å². The third-order valence-electron chi connectivity index (χ3n) is 5.39. The van der Waals surface area contributed by atoms with Crippen LogP contribution in [-0.4, -0.2) is 30.5 Å². The third-order valence-corrected chi connectivity index (χ3v) is 6.13. The van der Waals surface area contributed by atoms with Crippen molar-refractivity contribution in [3.63, 3.8) is 0 Å². The lowest BCUT2D eigenvalue weighted by atomic mass is 10.0. The Kier molecular flexibility index (Phi) is 8.18. The van der Waals surface area contributed by atoms with Gasteiger partial charge in [0, 0.05) is 11.1 Å². The van der Waals surface area contributed by atoms with E-state index in [1.165, 1.54) is 24.4 Å². The topological polar surface area (TPSA) is 96.9 Å². The van der Waals surface area contributed by atoms with E-state index >= 15 is 0 Å². The van der Waals surface area contributed by atoms with Crippen molar-refractivity contribution in [1.29, 1.82) is 0 Å². The number of ether oxygens (including phenoxy) is 1. The molecule has 0 fully saturated rings. The van der Waals surface area contributed by atoms with E-state index in [1.54, 1.807) is 18.2 Å². The molecule has 0 saturated heterocycles. The monoisotopic (exact) mass is 533 g/mol. The molecule has 4 aromatic rings. The van der Waals surface area contributed by atoms with E-state index in [0.29, 0.717) is 16.1 Å². The minimum Gasteiger partial charge on any atom is -0.422 e. The van der Waals surface area contributed by atoms with Gasteiger partial charge in [-0.05, 0) is 54.1 Å². The molecule has 0 aliphatic carbocycles. The van der Waals surface area contributed by atoms with E-state index in [-0.39, 0.29) is 22.9 Å². The minimum atomic E-state index is -0.553. The van der Waals surface area contributed by atoms with E-state index in [0.717, 1.165) is 16.3 Å². The van der Waals surface area contributed by atoms with Gasteiger partial charge in [-0.3, -0.25) is 9.59 Å². The van der Waals surface area contributed by atoms with Gasteiger partial charge in [-0.1, -0.05) is 71.2 Å². The van der Waals surface area contributed by atoms with E-state index in [2.05, 4.69) is 15.8 Å². The lowest BCUT2D eigenvalue weighted by molar-refractivity contribution is -0.120. The Morgan fingerprint density at radius 2 is 1.62 bits per heavy atom. The van der Waals surface area contributed by atoms with Gasteiger partial charge in [0.15, 0.2) is 0 Å². The van der Waals surface area contributed by atoms with Crippen LogP contribution in [0.15, 0.2) is 84.0 Å². The van der Waals surface area contributed by atoms with Crippen molar-refractivity contribution in [2.24, 2.45) is 5.10 Å². The van der Waals surface area contributed by atoms with Gasteiger partial charge in [0.25, 0.3) is 11.8 Å². The van der Waals surface area contributed by atoms with Gasteiger partial charge in [-0.25, -0.2) is 10.2 Å². The zero-order valence-electron chi connectivity index (χ0n) is 19.6. The molecule has 186 valence electrons. The summed E-state index contributed by atoms with van der Waals surface area (Å²) < 4.78 is 5.66. The molecule has 2 N–H and O–H groups in total. The van der Waals surface area contributed by atoms with Crippen molar-refractivity contribution in [2.75, 3.05) is 6.54 Å². The Morgan fingerprint density at radius 3 is 2.38 bits per heavy atom. The molecule has 37 heavy (non-hydrogen) atoms. The first-order chi connectivity index (χ1) is 17.8. The number of halogens is 2. The normalized spacial score (nSPS) is 10.9. The first-order valence-electron chi connectivity index (χ1n) is 11.2. The van der Waals surface area contributed by atoms with Gasteiger partial charge in [-0.15, -0.1) is 0 Å². The number of hydrazone groups is 1. The molecule has 0 saturated carbocycles. The SMILES string of the molecule is Cc1ccc(C(=O)Oc2ccc3ccccc3c2/C=N/NC(=O)CNC(=O)c2ccc(Cl)c(Cl)c2)cc1. The van der Waals surface area contributed by atoms with E-state index in [9.17, 15) is 14.4 Å². The number of nitrogens with one attached hydrogen (secondary N) is 2. The summed E-state index contributed by atoms with van der Waals surface area (Å²) in [5, 5.41) is 8.74. The van der Waals surface area contributed by atoms with Crippen LogP contribution in [0.3, 0.4) is 0 Å². The predicted molar refractivity (Wildman–Crippen MR) is 145 cm³/mol. The van der Waals surface area contributed by atoms with Crippen molar-refractivity contribution in [2.45, 2.75) is 6.92 Å². The standard InChI is InChI=1S/C28H21Cl2N3O4/c1-17-6-8-19(9-7-17)28(36)37-25-13-11-18-4-2-3-5-21(18)22(25)15-32-33-26(34)16-31-27(35)20-10-12-23(29)24(30)14-20/h2-15H,16H2,1H3,(H,31,35)(H,33,34)/b32-15+. The Hall–Kier alpha value is -4.20. The maximum atomic E-state index is 12.7. The highest BCUT2D eigenvalue weighted by atomic mass is 35.5. The smallest absolute Gasteiger partial charge is 0.343 e. The summed E-state index contributed by atoms with van der Waals surface area (Å²) in [5.74, 6) is -1.27. The first-order valence-corrected chi connectivity index (χ1v) is 11.9. The highest BCUT2D eigenvalue weighted by Crippen LogP contribution is 2.27. The molecule has 4 aromatic carbocycles. The maximum Gasteiger partial charge on any atom is 0.343 e. The van der Waals surface area contributed by atoms with Crippen LogP contribution in [0, 0.1) is 6.92 Å². The number of carbonyl (C=O) groups excluding carboxylic acids is 3. The number of amides is 2. The van der Waals surface area contributed by atoms with E-state index < -0.39 is 17.8 Å². The second-order valence-electron chi connectivity index (χ2n) is 8.06. The number of hydrogen-bond donors (Lipinski definition) is 2. The highest BCUT2D eigenvalue weighted by molar-refractivity contribution is 6.42. The lowest BCUT2D eigenvalue weighted by Crippen LogP contribution is -2.34. The van der Waals surface area contributed by atoms with Gasteiger partial charge >= 0.3 is 5.97 Å². The summed E-state index contributed by atoms with van der Waals surface area (Å²) in [6.45, 7) is 1.61. The average molecular weight is 534 g/mol. The van der Waals surface area contributed by atoms with Gasteiger partial charge < -0.3 is 10.1 Å². The third kappa shape index (κ3) is 6.52. The molecule has 0 aliphatic heterocycles. The van der Waals surface area contributed by atoms with E-state index in [4.69, 9.17) is 27.9 Å². The zero-order valence-corrected chi connectivity index (χ0v) is 21.1. The van der Waals surface area contributed by atoms with Crippen LogP contribution in [-0.2, 0) is 4.79 Å². The quantitative estimate of drug-likeness (QED) is 0.141. The molecular formula is C28H21Cl2N3O4. The van der Waals surface area contributed by atoms with Crippen molar-refractivity contribution in [3.05, 3.63) is 111 Å². The molecule has 9 heteroatoms. The molecular weight excluding hydrogens is 513 g/mol. The van der Waals surface area contributed by atoms with Crippen LogP contribution in [0.5, 0.6) is 5.75 Å². The Labute approximate surface area is 223 Å². The molecule has 0 aliphatic rings. The van der Waals surface area contributed by atoms with Gasteiger partial charge in [0.2, 0.25) is 0 Å². The number of carbonyl (C=O) groups is 3. The summed E-state index contributed by atoms with van der Waals surface area (Å²) >= 11 is 11.8. The van der Waals surface area contributed by atoms with Crippen molar-refractivity contribution in [3.8, 4) is 5.75 Å². The summed E-state index contributed by atoms with van der Waals surface area (Å²) in [6.07, 6.45) is 1.40. The van der Waals surface area contributed by atoms with Crippen molar-refractivity contribution in [1.82, 2.24) is 10.7 Å². The van der Waals surface area contributed by atoms with Gasteiger partial charge in [0.05, 0.1) is 28.4 Å². The molecule has 0 unspecified atom stereocenters. The fraction of sp³-hybridized carbons (Fsp3) is 0.0714. The van der Waals surface area contributed by atoms with Crippen molar-refractivity contribution < 1.29 is 19.1 Å². The zero-order chi connectivity index (χ0) is 26.4. The Bertz CT molecular complexity index is 1520. The fourth-order valence-corrected chi connectivity index (χ4v) is 3.75. The predicted octanol–water partition coefficient (Wildman–Crippen LogP) is 5.55. The number of rotatable bonds is 7. The lowest BCUT2D eigenvalue weighted by Gasteiger charge is -2.11. The molecule has 0 atom stereocenters. The summed E-state index contributed by atoms with van der Waals surface area (Å²) in [4.78, 5) is 37.2. The second-order valence-corrected chi connectivity index (χ2v) is 8.87. The van der Waals surface area contributed by atoms with Gasteiger partial charge in [0.1, 0.15) is 5.75 Å². The molecule has 4 rings (SSSR count). The van der Waals surface area contributed by atoms with Crippen LogP contribution < -0.4 is 15.5 Å². The molecule has 0 radical (unpaired) electrons. The Balaban J connectivity index is 1.46. The second kappa shape index (κ2) is 11.7. The van der Waals surface area contributed by atoms with Crippen LogP contribution >= 0.6 is 23.2 Å². The van der Waals surface area contributed by atoms with Crippen LogP contribution in [0.1, 0.15) is 31.8 Å². The molecule has 0 heterocycles. The molecule has 0 bridgehead atoms. The van der Waals surface area contributed by atoms with Crippen LogP contribution in [0.25, 0.3) is 10.8 Å². The molecule has 7 nitrogen and oxygen atoms in total. The number of hydrogen-bond acceptors (Lipinski definition) is 5. The largest absolute Gasteiger partial charge is 0.422 e. The maximum absolute atomic E-state index is 12.7. The van der Waals surface area contributed by atoms with Crippen LogP contribution in [0.4, 0.5) is 0 Å². The average Bonchev–Trinajstić information content (AvgIpc) is 2.90. The minimum absolute atomic E-state index is 0.234.